The minimum absolute atomic E-state index is 0.00258. The summed E-state index contributed by atoms with van der Waals surface area (Å²) in [6, 6.07) is 3.08. The van der Waals surface area contributed by atoms with E-state index in [0.29, 0.717) is 13.0 Å². The van der Waals surface area contributed by atoms with Crippen LogP contribution < -0.4 is 5.32 Å². The van der Waals surface area contributed by atoms with Gasteiger partial charge in [-0.3, -0.25) is 9.59 Å². The van der Waals surface area contributed by atoms with Crippen LogP contribution in [0, 0.1) is 17.8 Å². The number of amides is 2. The van der Waals surface area contributed by atoms with Gasteiger partial charge >= 0.3 is 6.18 Å². The SMILES string of the molecule is O=C(Nc1cc(C(F)(F)F)ccc1Cl)[C@H]1CC=CC2CCN(C3CCCCC3)C(=O)C21. The fourth-order valence-corrected chi connectivity index (χ4v) is 5.40. The molecule has 8 heteroatoms. The number of nitrogens with one attached hydrogen (secondary N) is 1. The van der Waals surface area contributed by atoms with Crippen LogP contribution in [0.5, 0.6) is 0 Å². The fourth-order valence-electron chi connectivity index (χ4n) is 5.23. The molecule has 0 radical (unpaired) electrons. The average Bonchev–Trinajstić information content (AvgIpc) is 2.75. The Morgan fingerprint density at radius 1 is 1.13 bits per heavy atom. The van der Waals surface area contributed by atoms with Gasteiger partial charge in [0, 0.05) is 12.6 Å². The number of hydrogen-bond acceptors (Lipinski definition) is 2. The number of benzene rings is 1. The van der Waals surface area contributed by atoms with Gasteiger partial charge in [-0.25, -0.2) is 0 Å². The Balaban J connectivity index is 1.54. The highest BCUT2D eigenvalue weighted by atomic mass is 35.5. The van der Waals surface area contributed by atoms with Crippen molar-refractivity contribution in [2.75, 3.05) is 11.9 Å². The van der Waals surface area contributed by atoms with Crippen molar-refractivity contribution >= 4 is 29.1 Å². The van der Waals surface area contributed by atoms with Crippen LogP contribution in [-0.2, 0) is 15.8 Å². The molecule has 31 heavy (non-hydrogen) atoms. The molecule has 0 spiro atoms. The van der Waals surface area contributed by atoms with E-state index in [-0.39, 0.29) is 28.6 Å². The summed E-state index contributed by atoms with van der Waals surface area (Å²) >= 11 is 6.05. The summed E-state index contributed by atoms with van der Waals surface area (Å²) in [5.41, 5.74) is -0.967. The molecular weight excluding hydrogens is 429 g/mol. The molecule has 2 fully saturated rings. The first-order valence-electron chi connectivity index (χ1n) is 10.9. The number of carbonyl (C=O) groups excluding carboxylic acids is 2. The Bertz CT molecular complexity index is 880. The number of hydrogen-bond donors (Lipinski definition) is 1. The van der Waals surface area contributed by atoms with E-state index in [4.69, 9.17) is 11.6 Å². The Morgan fingerprint density at radius 2 is 1.87 bits per heavy atom. The zero-order valence-corrected chi connectivity index (χ0v) is 17.9. The summed E-state index contributed by atoms with van der Waals surface area (Å²) in [4.78, 5) is 28.5. The van der Waals surface area contributed by atoms with Crippen molar-refractivity contribution in [1.29, 1.82) is 0 Å². The van der Waals surface area contributed by atoms with Crippen LogP contribution in [0.1, 0.15) is 50.5 Å². The molecule has 1 aromatic carbocycles. The van der Waals surface area contributed by atoms with E-state index < -0.39 is 29.5 Å². The van der Waals surface area contributed by atoms with Crippen molar-refractivity contribution in [2.24, 2.45) is 17.8 Å². The molecule has 1 saturated heterocycles. The second-order valence-corrected chi connectivity index (χ2v) is 9.16. The molecule has 168 valence electrons. The van der Waals surface area contributed by atoms with E-state index in [2.05, 4.69) is 5.32 Å². The van der Waals surface area contributed by atoms with Gasteiger partial charge in [0.1, 0.15) is 0 Å². The molecule has 3 atom stereocenters. The van der Waals surface area contributed by atoms with Gasteiger partial charge in [0.2, 0.25) is 11.8 Å². The third-order valence-corrected chi connectivity index (χ3v) is 7.17. The lowest BCUT2D eigenvalue weighted by Crippen LogP contribution is -2.54. The van der Waals surface area contributed by atoms with Crippen molar-refractivity contribution < 1.29 is 22.8 Å². The molecule has 1 saturated carbocycles. The van der Waals surface area contributed by atoms with Crippen LogP contribution in [0.2, 0.25) is 5.02 Å². The van der Waals surface area contributed by atoms with Gasteiger partial charge in [0.05, 0.1) is 28.1 Å². The molecule has 4 rings (SSSR count). The lowest BCUT2D eigenvalue weighted by atomic mass is 9.70. The summed E-state index contributed by atoms with van der Waals surface area (Å²) in [5, 5.41) is 2.60. The zero-order chi connectivity index (χ0) is 22.2. The number of halogens is 4. The number of allylic oxidation sites excluding steroid dienone is 2. The Labute approximate surface area is 184 Å². The minimum Gasteiger partial charge on any atom is -0.339 e. The lowest BCUT2D eigenvalue weighted by molar-refractivity contribution is -0.149. The first kappa shape index (κ1) is 22.2. The molecule has 3 aliphatic rings. The lowest BCUT2D eigenvalue weighted by Gasteiger charge is -2.45. The third-order valence-electron chi connectivity index (χ3n) is 6.84. The first-order valence-corrected chi connectivity index (χ1v) is 11.3. The first-order chi connectivity index (χ1) is 14.8. The second-order valence-electron chi connectivity index (χ2n) is 8.75. The van der Waals surface area contributed by atoms with Crippen LogP contribution in [0.15, 0.2) is 30.4 Å². The maximum atomic E-state index is 13.4. The highest BCUT2D eigenvalue weighted by Crippen LogP contribution is 2.40. The molecule has 0 aromatic heterocycles. The molecule has 2 unspecified atom stereocenters. The number of nitrogens with zero attached hydrogens (tertiary/aromatic N) is 1. The number of carbonyl (C=O) groups is 2. The number of alkyl halides is 3. The van der Waals surface area contributed by atoms with Crippen LogP contribution in [-0.4, -0.2) is 29.3 Å². The molecule has 1 heterocycles. The van der Waals surface area contributed by atoms with Crippen LogP contribution in [0.25, 0.3) is 0 Å². The van der Waals surface area contributed by atoms with E-state index in [1.54, 1.807) is 0 Å². The summed E-state index contributed by atoms with van der Waals surface area (Å²) in [6.45, 7) is 0.697. The normalized spacial score (nSPS) is 27.2. The minimum atomic E-state index is -4.54. The predicted molar refractivity (Wildman–Crippen MR) is 113 cm³/mol. The molecule has 4 nitrogen and oxygen atoms in total. The Hall–Kier alpha value is -2.02. The van der Waals surface area contributed by atoms with Gasteiger partial charge in [-0.1, -0.05) is 43.0 Å². The van der Waals surface area contributed by atoms with Gasteiger partial charge in [0.25, 0.3) is 0 Å². The van der Waals surface area contributed by atoms with Gasteiger partial charge in [0.15, 0.2) is 0 Å². The molecule has 1 N–H and O–H groups in total. The van der Waals surface area contributed by atoms with Gasteiger partial charge in [-0.15, -0.1) is 0 Å². The topological polar surface area (TPSA) is 49.4 Å². The molecular formula is C23H26ClF3N2O2. The van der Waals surface area contributed by atoms with Crippen LogP contribution >= 0.6 is 11.6 Å². The second kappa shape index (κ2) is 8.85. The Kier molecular flexibility index (Phi) is 6.33. The summed E-state index contributed by atoms with van der Waals surface area (Å²) in [5.74, 6) is -1.58. The molecule has 2 amide bonds. The number of anilines is 1. The zero-order valence-electron chi connectivity index (χ0n) is 17.1. The number of fused-ring (bicyclic) bond motifs is 1. The van der Waals surface area contributed by atoms with Crippen molar-refractivity contribution in [2.45, 2.75) is 57.2 Å². The fraction of sp³-hybridized carbons (Fsp3) is 0.565. The maximum absolute atomic E-state index is 13.4. The highest BCUT2D eigenvalue weighted by Gasteiger charge is 2.46. The van der Waals surface area contributed by atoms with Gasteiger partial charge in [-0.05, 0) is 49.8 Å². The number of rotatable bonds is 3. The molecule has 2 aliphatic carbocycles. The Morgan fingerprint density at radius 3 is 2.58 bits per heavy atom. The van der Waals surface area contributed by atoms with E-state index in [0.717, 1.165) is 50.3 Å². The number of likely N-dealkylation sites (tertiary alicyclic amines) is 1. The molecule has 0 bridgehead atoms. The van der Waals surface area contributed by atoms with Gasteiger partial charge in [-0.2, -0.15) is 13.2 Å². The summed E-state index contributed by atoms with van der Waals surface area (Å²) < 4.78 is 39.2. The number of piperidine rings is 1. The van der Waals surface area contributed by atoms with Crippen LogP contribution in [0.4, 0.5) is 18.9 Å². The van der Waals surface area contributed by atoms with E-state index in [1.165, 1.54) is 6.42 Å². The predicted octanol–water partition coefficient (Wildman–Crippen LogP) is 5.67. The standard InChI is InChI=1S/C23H26ClF3N2O2/c24-18-10-9-15(23(25,26)27)13-19(18)28-21(30)17-8-4-5-14-11-12-29(22(31)20(14)17)16-6-2-1-3-7-16/h4-5,9-10,13-14,16-17,20H,1-3,6-8,11-12H2,(H,28,30)/t14?,17-,20?/m0/s1. The van der Waals surface area contributed by atoms with E-state index in [1.807, 2.05) is 17.1 Å². The van der Waals surface area contributed by atoms with Crippen molar-refractivity contribution in [3.05, 3.63) is 40.9 Å². The maximum Gasteiger partial charge on any atom is 0.416 e. The van der Waals surface area contributed by atoms with Crippen LogP contribution in [0.3, 0.4) is 0 Å². The van der Waals surface area contributed by atoms with Crippen molar-refractivity contribution in [3.8, 4) is 0 Å². The molecule has 1 aromatic rings. The quantitative estimate of drug-likeness (QED) is 0.598. The third kappa shape index (κ3) is 4.61. The summed E-state index contributed by atoms with van der Waals surface area (Å²) in [7, 11) is 0. The summed E-state index contributed by atoms with van der Waals surface area (Å²) in [6.07, 6.45) is 5.97. The van der Waals surface area contributed by atoms with E-state index >= 15 is 0 Å². The van der Waals surface area contributed by atoms with Crippen molar-refractivity contribution in [3.63, 3.8) is 0 Å². The van der Waals surface area contributed by atoms with Crippen molar-refractivity contribution in [1.82, 2.24) is 4.90 Å². The average molecular weight is 455 g/mol. The smallest absolute Gasteiger partial charge is 0.339 e. The van der Waals surface area contributed by atoms with Gasteiger partial charge < -0.3 is 10.2 Å². The largest absolute Gasteiger partial charge is 0.416 e. The molecule has 1 aliphatic heterocycles. The highest BCUT2D eigenvalue weighted by molar-refractivity contribution is 6.33. The monoisotopic (exact) mass is 454 g/mol. The van der Waals surface area contributed by atoms with E-state index in [9.17, 15) is 22.8 Å².